The number of nitrogens with one attached hydrogen (secondary N) is 1. The third-order valence-electron chi connectivity index (χ3n) is 5.94. The molecule has 5 heteroatoms. The number of β-amino-alcohol motifs (C(OH)–C–C–N with tert-alkyl or cyclic N) is 1. The average Bonchev–Trinajstić information content (AvgIpc) is 2.80. The number of hydrogen-bond donors (Lipinski definition) is 2. The topological polar surface area (TPSA) is 61.8 Å². The van der Waals surface area contributed by atoms with Crippen LogP contribution in [0.5, 0.6) is 5.75 Å². The highest BCUT2D eigenvalue weighted by atomic mass is 16.5. The Morgan fingerprint density at radius 3 is 2.68 bits per heavy atom. The first kappa shape index (κ1) is 18.2. The molecule has 0 bridgehead atoms. The summed E-state index contributed by atoms with van der Waals surface area (Å²) in [7, 11) is 1.65. The first-order valence-electron chi connectivity index (χ1n) is 9.35. The van der Waals surface area contributed by atoms with Crippen LogP contribution in [0.4, 0.5) is 0 Å². The number of aliphatic hydroxyl groups is 1. The molecule has 1 aromatic carbocycles. The van der Waals surface area contributed by atoms with E-state index in [1.165, 1.54) is 12.0 Å². The zero-order valence-electron chi connectivity index (χ0n) is 15.3. The minimum atomic E-state index is -0.596. The standard InChI is InChI=1S/C20H30N2O3/c1-15-12-22(14-20(15,24)17-4-3-5-17)13-19(23)21-11-10-16-6-8-18(25-2)9-7-16/h6-9,15,17,24H,3-5,10-14H2,1-2H3,(H,21,23)/t15-,20+/m1/s1. The van der Waals surface area contributed by atoms with Gasteiger partial charge < -0.3 is 15.2 Å². The Morgan fingerprint density at radius 1 is 1.36 bits per heavy atom. The fourth-order valence-corrected chi connectivity index (χ4v) is 4.08. The van der Waals surface area contributed by atoms with E-state index < -0.39 is 5.60 Å². The van der Waals surface area contributed by atoms with Crippen molar-refractivity contribution in [3.8, 4) is 5.75 Å². The van der Waals surface area contributed by atoms with Crippen LogP contribution >= 0.6 is 0 Å². The van der Waals surface area contributed by atoms with Crippen molar-refractivity contribution in [1.82, 2.24) is 10.2 Å². The van der Waals surface area contributed by atoms with E-state index in [1.807, 2.05) is 24.3 Å². The smallest absolute Gasteiger partial charge is 0.234 e. The van der Waals surface area contributed by atoms with Gasteiger partial charge in [-0.1, -0.05) is 25.5 Å². The number of likely N-dealkylation sites (tertiary alicyclic amines) is 1. The van der Waals surface area contributed by atoms with Gasteiger partial charge in [-0.05, 0) is 48.8 Å². The molecule has 1 aromatic rings. The Bertz CT molecular complexity index is 585. The summed E-state index contributed by atoms with van der Waals surface area (Å²) in [6.45, 7) is 4.55. The second-order valence-electron chi connectivity index (χ2n) is 7.64. The maximum Gasteiger partial charge on any atom is 0.234 e. The maximum atomic E-state index is 12.2. The fraction of sp³-hybridized carbons (Fsp3) is 0.650. The van der Waals surface area contributed by atoms with Crippen molar-refractivity contribution in [2.45, 2.75) is 38.2 Å². The van der Waals surface area contributed by atoms with E-state index in [-0.39, 0.29) is 11.8 Å². The number of benzene rings is 1. The SMILES string of the molecule is COc1ccc(CCNC(=O)CN2C[C@@H](C)[C@](O)(C3CCC3)C2)cc1. The van der Waals surface area contributed by atoms with Gasteiger partial charge in [0.1, 0.15) is 5.75 Å². The molecule has 2 N–H and O–H groups in total. The number of carbonyl (C=O) groups is 1. The van der Waals surface area contributed by atoms with Gasteiger partial charge in [0.2, 0.25) is 5.91 Å². The predicted molar refractivity (Wildman–Crippen MR) is 97.6 cm³/mol. The minimum Gasteiger partial charge on any atom is -0.497 e. The van der Waals surface area contributed by atoms with E-state index in [0.717, 1.165) is 31.6 Å². The molecule has 0 unspecified atom stereocenters. The van der Waals surface area contributed by atoms with Gasteiger partial charge in [-0.25, -0.2) is 0 Å². The molecule has 0 radical (unpaired) electrons. The summed E-state index contributed by atoms with van der Waals surface area (Å²) in [4.78, 5) is 14.3. The molecule has 1 aliphatic heterocycles. The van der Waals surface area contributed by atoms with Gasteiger partial charge in [0.15, 0.2) is 0 Å². The number of ether oxygens (including phenoxy) is 1. The van der Waals surface area contributed by atoms with Gasteiger partial charge in [0, 0.05) is 19.6 Å². The van der Waals surface area contributed by atoms with E-state index in [4.69, 9.17) is 4.74 Å². The second kappa shape index (κ2) is 7.75. The molecule has 0 spiro atoms. The molecule has 2 fully saturated rings. The summed E-state index contributed by atoms with van der Waals surface area (Å²) in [5.41, 5.74) is 0.581. The molecule has 2 atom stereocenters. The Hall–Kier alpha value is -1.59. The zero-order valence-corrected chi connectivity index (χ0v) is 15.3. The molecule has 138 valence electrons. The summed E-state index contributed by atoms with van der Waals surface area (Å²) in [5.74, 6) is 1.55. The van der Waals surface area contributed by atoms with Crippen molar-refractivity contribution < 1.29 is 14.6 Å². The lowest BCUT2D eigenvalue weighted by atomic mass is 9.69. The Labute approximate surface area is 150 Å². The minimum absolute atomic E-state index is 0.0403. The first-order valence-corrected chi connectivity index (χ1v) is 9.35. The van der Waals surface area contributed by atoms with Crippen molar-refractivity contribution in [2.24, 2.45) is 11.8 Å². The summed E-state index contributed by atoms with van der Waals surface area (Å²) >= 11 is 0. The second-order valence-corrected chi connectivity index (χ2v) is 7.64. The van der Waals surface area contributed by atoms with E-state index >= 15 is 0 Å². The number of carbonyl (C=O) groups excluding carboxylic acids is 1. The fourth-order valence-electron chi connectivity index (χ4n) is 4.08. The van der Waals surface area contributed by atoms with Gasteiger partial charge in [-0.15, -0.1) is 0 Å². The van der Waals surface area contributed by atoms with E-state index in [0.29, 0.717) is 25.6 Å². The predicted octanol–water partition coefficient (Wildman–Crippen LogP) is 1.84. The zero-order chi connectivity index (χ0) is 17.9. The molecule has 1 saturated heterocycles. The quantitative estimate of drug-likeness (QED) is 0.791. The molecule has 0 aromatic heterocycles. The van der Waals surface area contributed by atoms with E-state index in [2.05, 4.69) is 17.1 Å². The molecular weight excluding hydrogens is 316 g/mol. The number of hydrogen-bond acceptors (Lipinski definition) is 4. The van der Waals surface area contributed by atoms with Crippen molar-refractivity contribution >= 4 is 5.91 Å². The number of rotatable bonds is 7. The number of amides is 1. The normalized spacial score (nSPS) is 27.1. The highest BCUT2D eigenvalue weighted by molar-refractivity contribution is 5.78. The van der Waals surface area contributed by atoms with E-state index in [1.54, 1.807) is 7.11 Å². The lowest BCUT2D eigenvalue weighted by molar-refractivity contribution is -0.122. The maximum absolute atomic E-state index is 12.2. The van der Waals surface area contributed by atoms with Crippen molar-refractivity contribution in [3.05, 3.63) is 29.8 Å². The van der Waals surface area contributed by atoms with Crippen LogP contribution in [0.15, 0.2) is 24.3 Å². The highest BCUT2D eigenvalue weighted by Crippen LogP contribution is 2.43. The van der Waals surface area contributed by atoms with Crippen molar-refractivity contribution in [3.63, 3.8) is 0 Å². The van der Waals surface area contributed by atoms with Crippen molar-refractivity contribution in [1.29, 1.82) is 0 Å². The van der Waals surface area contributed by atoms with Crippen LogP contribution < -0.4 is 10.1 Å². The van der Waals surface area contributed by atoms with Crippen LogP contribution in [0.2, 0.25) is 0 Å². The molecule has 3 rings (SSSR count). The third kappa shape index (κ3) is 4.15. The third-order valence-corrected chi connectivity index (χ3v) is 5.94. The molecule has 2 aliphatic rings. The molecule has 1 heterocycles. The van der Waals surface area contributed by atoms with Gasteiger partial charge in [0.05, 0.1) is 19.3 Å². The number of nitrogens with zero attached hydrogens (tertiary/aromatic N) is 1. The van der Waals surface area contributed by atoms with Crippen LogP contribution in [-0.2, 0) is 11.2 Å². The van der Waals surface area contributed by atoms with Crippen LogP contribution in [0.3, 0.4) is 0 Å². The molecular formula is C20H30N2O3. The molecule has 25 heavy (non-hydrogen) atoms. The Kier molecular flexibility index (Phi) is 5.64. The van der Waals surface area contributed by atoms with Crippen LogP contribution in [0.25, 0.3) is 0 Å². The van der Waals surface area contributed by atoms with Crippen LogP contribution in [0.1, 0.15) is 31.7 Å². The van der Waals surface area contributed by atoms with Crippen LogP contribution in [0, 0.1) is 11.8 Å². The number of methoxy groups -OCH3 is 1. The Morgan fingerprint density at radius 2 is 2.08 bits per heavy atom. The largest absolute Gasteiger partial charge is 0.497 e. The summed E-state index contributed by atoms with van der Waals surface area (Å²) in [6, 6.07) is 7.91. The summed E-state index contributed by atoms with van der Waals surface area (Å²) in [5, 5.41) is 13.9. The summed E-state index contributed by atoms with van der Waals surface area (Å²) < 4.78 is 5.14. The lowest BCUT2D eigenvalue weighted by Gasteiger charge is -2.41. The molecule has 1 amide bonds. The van der Waals surface area contributed by atoms with Gasteiger partial charge in [-0.2, -0.15) is 0 Å². The Balaban J connectivity index is 1.40. The van der Waals surface area contributed by atoms with Gasteiger partial charge in [0.25, 0.3) is 0 Å². The van der Waals surface area contributed by atoms with Gasteiger partial charge >= 0.3 is 0 Å². The lowest BCUT2D eigenvalue weighted by Crippen LogP contribution is -2.48. The van der Waals surface area contributed by atoms with Crippen LogP contribution in [-0.4, -0.2) is 54.8 Å². The highest BCUT2D eigenvalue weighted by Gasteiger charge is 2.49. The van der Waals surface area contributed by atoms with Gasteiger partial charge in [-0.3, -0.25) is 9.69 Å². The van der Waals surface area contributed by atoms with Crippen molar-refractivity contribution in [2.75, 3.05) is 33.3 Å². The summed E-state index contributed by atoms with van der Waals surface area (Å²) in [6.07, 6.45) is 4.29. The monoisotopic (exact) mass is 346 g/mol. The van der Waals surface area contributed by atoms with E-state index in [9.17, 15) is 9.90 Å². The molecule has 5 nitrogen and oxygen atoms in total. The molecule has 1 aliphatic carbocycles. The molecule has 1 saturated carbocycles. The average molecular weight is 346 g/mol. The first-order chi connectivity index (χ1) is 12.0.